The summed E-state index contributed by atoms with van der Waals surface area (Å²) in [4.78, 5) is 5.89. The van der Waals surface area contributed by atoms with Crippen LogP contribution in [0.1, 0.15) is 5.56 Å². The third-order valence-electron chi connectivity index (χ3n) is 9.57. The lowest BCUT2D eigenvalue weighted by Gasteiger charge is -2.44. The average molecular weight is 915 g/mol. The second-order valence-corrected chi connectivity index (χ2v) is 13.1. The van der Waals surface area contributed by atoms with Crippen LogP contribution in [0.25, 0.3) is 10.9 Å². The van der Waals surface area contributed by atoms with Crippen LogP contribution in [0.3, 0.4) is 0 Å². The number of para-hydroxylation sites is 1. The molecule has 328 valence electrons. The standard InChI is InChI=1S/C24BF20.C16H14NO/c26-5-1(6(27)14(35)21(42)13(5)34)25(2-7(28)15(36)22(43)16(37)8(2)29,3-9(30)17(38)23(44)18(39)10(3)31)4-11(32)19(40)24(45)20(41)12(4)33;1-13-6-4-9-15(12-13)18-17-11-5-8-14-7-2-3-10-16(14)17/h;2-12H,1H3/q-1;+1. The molecule has 0 amide bonds. The molecule has 0 saturated carbocycles. The summed E-state index contributed by atoms with van der Waals surface area (Å²) in [5.74, 6) is -70.6. The molecule has 0 spiro atoms. The molecule has 0 aliphatic carbocycles. The molecule has 0 bridgehead atoms. The van der Waals surface area contributed by atoms with Gasteiger partial charge in [0.25, 0.3) is 5.52 Å². The molecule has 0 N–H and O–H groups in total. The van der Waals surface area contributed by atoms with Gasteiger partial charge >= 0.3 is 0 Å². The maximum absolute atomic E-state index is 15.4. The lowest BCUT2D eigenvalue weighted by molar-refractivity contribution is -0.854. The zero-order valence-corrected chi connectivity index (χ0v) is 30.3. The zero-order valence-electron chi connectivity index (χ0n) is 30.3. The van der Waals surface area contributed by atoms with Crippen molar-refractivity contribution in [2.45, 2.75) is 6.92 Å². The summed E-state index contributed by atoms with van der Waals surface area (Å²) in [7, 11) is 0. The molecular weight excluding hydrogens is 901 g/mol. The van der Waals surface area contributed by atoms with E-state index < -0.39 is 144 Å². The van der Waals surface area contributed by atoms with Gasteiger partial charge in [-0.25, -0.2) is 92.6 Å². The molecule has 0 radical (unpaired) electrons. The maximum atomic E-state index is 15.4. The van der Waals surface area contributed by atoms with E-state index in [1.165, 1.54) is 5.56 Å². The molecule has 2 nitrogen and oxygen atoms in total. The van der Waals surface area contributed by atoms with E-state index in [4.69, 9.17) is 4.84 Å². The van der Waals surface area contributed by atoms with Gasteiger partial charge in [0.15, 0.2) is 69.8 Å². The molecule has 1 heterocycles. The lowest BCUT2D eigenvalue weighted by atomic mass is 9.12. The van der Waals surface area contributed by atoms with E-state index in [9.17, 15) is 52.7 Å². The lowest BCUT2D eigenvalue weighted by Crippen LogP contribution is -2.81. The number of aromatic nitrogens is 1. The Kier molecular flexibility index (Phi) is 12.2. The number of aryl methyl sites for hydroxylation is 1. The highest BCUT2D eigenvalue weighted by Gasteiger charge is 2.52. The van der Waals surface area contributed by atoms with Crippen molar-refractivity contribution < 1.29 is 97.4 Å². The highest BCUT2D eigenvalue weighted by molar-refractivity contribution is 7.20. The summed E-state index contributed by atoms with van der Waals surface area (Å²) in [6.07, 6.45) is -5.30. The Morgan fingerprint density at radius 3 is 0.984 bits per heavy atom. The fourth-order valence-electron chi connectivity index (χ4n) is 6.87. The fraction of sp³-hybridized carbons (Fsp3) is 0.0250. The van der Waals surface area contributed by atoms with E-state index in [-0.39, 0.29) is 0 Å². The minimum atomic E-state index is -7.22. The largest absolute Gasteiger partial charge is 0.265 e. The van der Waals surface area contributed by atoms with Gasteiger partial charge in [-0.1, -0.05) is 24.3 Å². The first-order valence-electron chi connectivity index (χ1n) is 16.9. The summed E-state index contributed by atoms with van der Waals surface area (Å²) in [6.45, 7) is 2.06. The molecular formula is C40H14BF20NO. The summed E-state index contributed by atoms with van der Waals surface area (Å²) < 4.78 is 296. The van der Waals surface area contributed by atoms with E-state index in [0.717, 1.165) is 16.7 Å². The first-order chi connectivity index (χ1) is 29.5. The predicted octanol–water partition coefficient (Wildman–Crippen LogP) is 9.12. The van der Waals surface area contributed by atoms with Crippen LogP contribution in [-0.2, 0) is 0 Å². The Bertz CT molecular complexity index is 2630. The summed E-state index contributed by atoms with van der Waals surface area (Å²) in [6, 6.07) is 20.3. The van der Waals surface area contributed by atoms with Crippen molar-refractivity contribution in [3.8, 4) is 5.75 Å². The summed E-state index contributed by atoms with van der Waals surface area (Å²) >= 11 is 0. The number of fused-ring (bicyclic) bond motifs is 1. The highest BCUT2D eigenvalue weighted by Crippen LogP contribution is 2.31. The van der Waals surface area contributed by atoms with Crippen LogP contribution in [0.4, 0.5) is 87.8 Å². The van der Waals surface area contributed by atoms with Crippen molar-refractivity contribution in [3.05, 3.63) is 189 Å². The van der Waals surface area contributed by atoms with E-state index in [2.05, 4.69) is 25.1 Å². The fourth-order valence-corrected chi connectivity index (χ4v) is 6.87. The number of rotatable bonds is 6. The molecule has 7 aromatic rings. The van der Waals surface area contributed by atoms with Gasteiger partial charge in [-0.2, -0.15) is 0 Å². The van der Waals surface area contributed by atoms with Crippen molar-refractivity contribution in [2.75, 3.05) is 0 Å². The van der Waals surface area contributed by atoms with Gasteiger partial charge in [0.1, 0.15) is 52.7 Å². The molecule has 63 heavy (non-hydrogen) atoms. The highest BCUT2D eigenvalue weighted by atomic mass is 19.2. The van der Waals surface area contributed by atoms with E-state index in [0.29, 0.717) is 0 Å². The van der Waals surface area contributed by atoms with E-state index in [1.54, 1.807) is 4.73 Å². The number of pyridine rings is 1. The summed E-state index contributed by atoms with van der Waals surface area (Å²) in [5.41, 5.74) is -12.1. The van der Waals surface area contributed by atoms with Crippen molar-refractivity contribution in [2.24, 2.45) is 0 Å². The Morgan fingerprint density at radius 1 is 0.349 bits per heavy atom. The maximum Gasteiger partial charge on any atom is 0.265 e. The third kappa shape index (κ3) is 7.11. The van der Waals surface area contributed by atoms with E-state index in [1.807, 2.05) is 48.7 Å². The monoisotopic (exact) mass is 915 g/mol. The van der Waals surface area contributed by atoms with Crippen LogP contribution in [-0.4, -0.2) is 6.15 Å². The van der Waals surface area contributed by atoms with Gasteiger partial charge in [0.05, 0.1) is 5.39 Å². The Hall–Kier alpha value is -6.81. The third-order valence-corrected chi connectivity index (χ3v) is 9.57. The van der Waals surface area contributed by atoms with Gasteiger partial charge in [0.2, 0.25) is 11.9 Å². The van der Waals surface area contributed by atoms with Gasteiger partial charge in [-0.15, -0.1) is 21.9 Å². The van der Waals surface area contributed by atoms with Crippen molar-refractivity contribution in [3.63, 3.8) is 0 Å². The van der Waals surface area contributed by atoms with Gasteiger partial charge in [0, 0.05) is 16.9 Å². The van der Waals surface area contributed by atoms with Crippen LogP contribution in [0.15, 0.2) is 66.9 Å². The average Bonchev–Trinajstić information content (AvgIpc) is 3.26. The van der Waals surface area contributed by atoms with E-state index >= 15 is 35.1 Å². The first kappa shape index (κ1) is 45.7. The number of benzene rings is 6. The Balaban J connectivity index is 0.000000302. The Morgan fingerprint density at radius 2 is 0.651 bits per heavy atom. The molecule has 0 unspecified atom stereocenters. The van der Waals surface area contributed by atoms with Gasteiger partial charge in [-0.05, 0) is 36.8 Å². The van der Waals surface area contributed by atoms with Crippen LogP contribution in [0, 0.1) is 123 Å². The van der Waals surface area contributed by atoms with Gasteiger partial charge < -0.3 is 0 Å². The molecule has 0 aliphatic rings. The van der Waals surface area contributed by atoms with Gasteiger partial charge in [-0.3, -0.25) is 0 Å². The molecule has 23 heteroatoms. The van der Waals surface area contributed by atoms with Crippen molar-refractivity contribution in [1.82, 2.24) is 0 Å². The minimum Gasteiger partial charge on any atom is -0.231 e. The molecule has 1 aromatic heterocycles. The summed E-state index contributed by atoms with van der Waals surface area (Å²) in [5, 5.41) is 1.16. The first-order valence-corrected chi connectivity index (χ1v) is 16.9. The van der Waals surface area contributed by atoms with Crippen LogP contribution < -0.4 is 31.4 Å². The zero-order chi connectivity index (χ0) is 46.7. The quantitative estimate of drug-likeness (QED) is 0.0534. The second kappa shape index (κ2) is 16.8. The Labute approximate surface area is 337 Å². The normalized spacial score (nSPS) is 11.6. The second-order valence-electron chi connectivity index (χ2n) is 13.1. The SMILES string of the molecule is Cc1cccc(O[n+]2cccc3ccccc32)c1.Fc1c(F)c(F)c([B-](c2c(F)c(F)c(F)c(F)c2F)(c2c(F)c(F)c(F)c(F)c2F)c2c(F)c(F)c(F)c(F)c2F)c(F)c1F. The number of hydrogen-bond donors (Lipinski definition) is 0. The van der Waals surface area contributed by atoms with Crippen LogP contribution in [0.2, 0.25) is 0 Å². The number of hydrogen-bond acceptors (Lipinski definition) is 1. The molecule has 0 fully saturated rings. The van der Waals surface area contributed by atoms with Crippen LogP contribution in [0.5, 0.6) is 5.75 Å². The van der Waals surface area contributed by atoms with Crippen LogP contribution >= 0.6 is 0 Å². The molecule has 0 atom stereocenters. The minimum absolute atomic E-state index is 0.844. The molecule has 7 rings (SSSR count). The topological polar surface area (TPSA) is 13.1 Å². The van der Waals surface area contributed by atoms with Crippen molar-refractivity contribution in [1.29, 1.82) is 0 Å². The number of nitrogens with zero attached hydrogens (tertiary/aromatic N) is 1. The molecule has 0 saturated heterocycles. The smallest absolute Gasteiger partial charge is 0.231 e. The predicted molar refractivity (Wildman–Crippen MR) is 181 cm³/mol. The molecule has 0 aliphatic heterocycles. The number of halogens is 20. The molecule has 6 aromatic carbocycles. The van der Waals surface area contributed by atoms with Crippen molar-refractivity contribution >= 4 is 38.9 Å².